The largest absolute Gasteiger partial charge is 0.506 e. The maximum absolute atomic E-state index is 12.0. The van der Waals surface area contributed by atoms with Crippen LogP contribution in [0.4, 0.5) is 5.69 Å². The normalized spacial score (nSPS) is 12.2. The maximum Gasteiger partial charge on any atom is 0.234 e. The summed E-state index contributed by atoms with van der Waals surface area (Å²) < 4.78 is 0. The summed E-state index contributed by atoms with van der Waals surface area (Å²) in [6.45, 7) is 2.01. The molecule has 6 heteroatoms. The molecule has 0 aliphatic heterocycles. The Morgan fingerprint density at radius 1 is 1.26 bits per heavy atom. The topological polar surface area (TPSA) is 78.0 Å². The quantitative estimate of drug-likeness (QED) is 0.624. The first-order chi connectivity index (χ1) is 11.1. The molecular weight excluding hydrogens is 310 g/mol. The Labute approximate surface area is 138 Å². The van der Waals surface area contributed by atoms with Crippen LogP contribution in [-0.2, 0) is 4.79 Å². The number of thioether (sulfide) groups is 1. The Hall–Kier alpha value is -2.47. The zero-order chi connectivity index (χ0) is 16.2. The fourth-order valence-corrected chi connectivity index (χ4v) is 2.95. The minimum Gasteiger partial charge on any atom is -0.506 e. The molecule has 0 aliphatic rings. The monoisotopic (exact) mass is 327 g/mol. The predicted molar refractivity (Wildman–Crippen MR) is 93.7 cm³/mol. The molecule has 0 fully saturated rings. The first-order valence-corrected chi connectivity index (χ1v) is 8.32. The van der Waals surface area contributed by atoms with Crippen molar-refractivity contribution in [3.8, 4) is 5.75 Å². The van der Waals surface area contributed by atoms with E-state index in [1.165, 1.54) is 11.8 Å². The lowest BCUT2D eigenvalue weighted by Crippen LogP contribution is -2.14. The molecule has 3 aromatic rings. The smallest absolute Gasteiger partial charge is 0.234 e. The number of H-pyrrole nitrogens is 1. The van der Waals surface area contributed by atoms with E-state index in [1.807, 2.05) is 31.2 Å². The molecule has 1 heterocycles. The lowest BCUT2D eigenvalue weighted by atomic mass is 10.3. The van der Waals surface area contributed by atoms with E-state index in [9.17, 15) is 9.90 Å². The summed E-state index contributed by atoms with van der Waals surface area (Å²) in [6, 6.07) is 14.5. The van der Waals surface area contributed by atoms with Gasteiger partial charge in [0.05, 0.1) is 27.7 Å². The number of imidazole rings is 1. The van der Waals surface area contributed by atoms with Crippen LogP contribution in [0.5, 0.6) is 5.75 Å². The van der Waals surface area contributed by atoms with E-state index in [0.29, 0.717) is 5.69 Å². The van der Waals surface area contributed by atoms with Crippen LogP contribution in [0, 0.1) is 0 Å². The number of phenols is 1. The first-order valence-electron chi connectivity index (χ1n) is 7.27. The molecule has 2 aromatic carbocycles. The zero-order valence-corrected chi connectivity index (χ0v) is 13.4. The number of amides is 1. The summed E-state index contributed by atoms with van der Waals surface area (Å²) >= 11 is 1.49. The van der Waals surface area contributed by atoms with Gasteiger partial charge in [0, 0.05) is 0 Å². The van der Waals surface area contributed by atoms with Crippen molar-refractivity contribution >= 4 is 34.4 Å². The van der Waals surface area contributed by atoms with Gasteiger partial charge in [0.25, 0.3) is 0 Å². The number of phenolic OH excluding ortho intramolecular Hbond substituents is 1. The van der Waals surface area contributed by atoms with E-state index < -0.39 is 0 Å². The number of rotatable bonds is 5. The molecule has 1 atom stereocenters. The van der Waals surface area contributed by atoms with Gasteiger partial charge in [-0.3, -0.25) is 4.79 Å². The molecule has 5 nitrogen and oxygen atoms in total. The van der Waals surface area contributed by atoms with Crippen molar-refractivity contribution in [1.29, 1.82) is 0 Å². The molecule has 0 unspecified atom stereocenters. The first kappa shape index (κ1) is 15.4. The molecule has 0 saturated carbocycles. The van der Waals surface area contributed by atoms with Crippen molar-refractivity contribution in [2.24, 2.45) is 0 Å². The van der Waals surface area contributed by atoms with Crippen LogP contribution in [0.25, 0.3) is 11.0 Å². The molecule has 118 valence electrons. The lowest BCUT2D eigenvalue weighted by molar-refractivity contribution is -0.113. The zero-order valence-electron chi connectivity index (χ0n) is 12.6. The molecular formula is C17H17N3O2S. The number of anilines is 1. The highest BCUT2D eigenvalue weighted by atomic mass is 32.2. The van der Waals surface area contributed by atoms with Crippen molar-refractivity contribution < 1.29 is 9.90 Å². The Bertz CT molecular complexity index is 798. The number of nitrogens with zero attached hydrogens (tertiary/aromatic N) is 1. The van der Waals surface area contributed by atoms with Gasteiger partial charge in [-0.1, -0.05) is 24.3 Å². The Morgan fingerprint density at radius 2 is 2.00 bits per heavy atom. The second-order valence-corrected chi connectivity index (χ2v) is 6.49. The molecule has 0 saturated heterocycles. The van der Waals surface area contributed by atoms with Gasteiger partial charge in [-0.25, -0.2) is 4.98 Å². The Kier molecular flexibility index (Phi) is 4.52. The average molecular weight is 327 g/mol. The SMILES string of the molecule is C[C@H](SCC(=O)Nc1ccccc1O)c1nc2ccccc2[nH]1. The van der Waals surface area contributed by atoms with Crippen LogP contribution in [-0.4, -0.2) is 26.7 Å². The van der Waals surface area contributed by atoms with Crippen molar-refractivity contribution in [3.05, 3.63) is 54.4 Å². The van der Waals surface area contributed by atoms with Crippen molar-refractivity contribution in [2.45, 2.75) is 12.2 Å². The number of nitrogens with one attached hydrogen (secondary N) is 2. The summed E-state index contributed by atoms with van der Waals surface area (Å²) in [6.07, 6.45) is 0. The van der Waals surface area contributed by atoms with E-state index in [0.717, 1.165) is 16.9 Å². The van der Waals surface area contributed by atoms with Gasteiger partial charge in [-0.2, -0.15) is 0 Å². The van der Waals surface area contributed by atoms with Gasteiger partial charge < -0.3 is 15.4 Å². The van der Waals surface area contributed by atoms with E-state index >= 15 is 0 Å². The summed E-state index contributed by atoms with van der Waals surface area (Å²) in [5.74, 6) is 1.05. The number of fused-ring (bicyclic) bond motifs is 1. The Morgan fingerprint density at radius 3 is 2.78 bits per heavy atom. The number of benzene rings is 2. The third-order valence-corrected chi connectivity index (χ3v) is 4.59. The van der Waals surface area contributed by atoms with Crippen LogP contribution < -0.4 is 5.32 Å². The Balaban J connectivity index is 1.59. The number of aromatic hydroxyl groups is 1. The van der Waals surface area contributed by atoms with Crippen LogP contribution in [0.3, 0.4) is 0 Å². The molecule has 0 bridgehead atoms. The molecule has 1 aromatic heterocycles. The van der Waals surface area contributed by atoms with Crippen LogP contribution in [0.1, 0.15) is 18.0 Å². The summed E-state index contributed by atoms with van der Waals surface area (Å²) in [5.41, 5.74) is 2.34. The minimum absolute atomic E-state index is 0.0659. The van der Waals surface area contributed by atoms with Gasteiger partial charge in [0.1, 0.15) is 11.6 Å². The number of carbonyl (C=O) groups is 1. The fraction of sp³-hybridized carbons (Fsp3) is 0.176. The number of hydrogen-bond donors (Lipinski definition) is 3. The highest BCUT2D eigenvalue weighted by molar-refractivity contribution is 8.00. The van der Waals surface area contributed by atoms with Crippen LogP contribution in [0.2, 0.25) is 0 Å². The number of carbonyl (C=O) groups excluding carboxylic acids is 1. The van der Waals surface area contributed by atoms with Gasteiger partial charge in [0.2, 0.25) is 5.91 Å². The summed E-state index contributed by atoms with van der Waals surface area (Å²) in [5, 5.41) is 12.4. The molecule has 23 heavy (non-hydrogen) atoms. The molecule has 0 aliphatic carbocycles. The molecule has 1 amide bonds. The van der Waals surface area contributed by atoms with Gasteiger partial charge in [-0.15, -0.1) is 11.8 Å². The third-order valence-electron chi connectivity index (χ3n) is 3.44. The van der Waals surface area contributed by atoms with E-state index in [1.54, 1.807) is 24.3 Å². The van der Waals surface area contributed by atoms with Gasteiger partial charge >= 0.3 is 0 Å². The van der Waals surface area contributed by atoms with Crippen LogP contribution >= 0.6 is 11.8 Å². The number of aromatic nitrogens is 2. The van der Waals surface area contributed by atoms with Crippen molar-refractivity contribution in [2.75, 3.05) is 11.1 Å². The highest BCUT2D eigenvalue weighted by Gasteiger charge is 2.14. The minimum atomic E-state index is -0.153. The lowest BCUT2D eigenvalue weighted by Gasteiger charge is -2.09. The molecule has 0 radical (unpaired) electrons. The standard InChI is InChI=1S/C17H17N3O2S/c1-11(17-19-12-6-2-3-7-13(12)20-17)23-10-16(22)18-14-8-4-5-9-15(14)21/h2-9,11,21H,10H2,1H3,(H,18,22)(H,19,20)/t11-/m0/s1. The second kappa shape index (κ2) is 6.75. The summed E-state index contributed by atoms with van der Waals surface area (Å²) in [7, 11) is 0. The van der Waals surface area contributed by atoms with E-state index in [-0.39, 0.29) is 22.7 Å². The molecule has 0 spiro atoms. The van der Waals surface area contributed by atoms with Gasteiger partial charge in [-0.05, 0) is 31.2 Å². The molecule has 3 N–H and O–H groups in total. The highest BCUT2D eigenvalue weighted by Crippen LogP contribution is 2.28. The number of para-hydroxylation sites is 4. The predicted octanol–water partition coefficient (Wildman–Crippen LogP) is 3.70. The van der Waals surface area contributed by atoms with E-state index in [4.69, 9.17) is 0 Å². The van der Waals surface area contributed by atoms with Crippen molar-refractivity contribution in [1.82, 2.24) is 9.97 Å². The number of aromatic amines is 1. The van der Waals surface area contributed by atoms with E-state index in [2.05, 4.69) is 15.3 Å². The van der Waals surface area contributed by atoms with Gasteiger partial charge in [0.15, 0.2) is 0 Å². The summed E-state index contributed by atoms with van der Waals surface area (Å²) in [4.78, 5) is 19.8. The van der Waals surface area contributed by atoms with Crippen molar-refractivity contribution in [3.63, 3.8) is 0 Å². The molecule has 3 rings (SSSR count). The second-order valence-electron chi connectivity index (χ2n) is 5.16. The average Bonchev–Trinajstić information content (AvgIpc) is 2.99. The number of hydrogen-bond acceptors (Lipinski definition) is 4. The van der Waals surface area contributed by atoms with Crippen LogP contribution in [0.15, 0.2) is 48.5 Å². The third kappa shape index (κ3) is 3.65. The fourth-order valence-electron chi connectivity index (χ4n) is 2.21. The maximum atomic E-state index is 12.0.